The Morgan fingerprint density at radius 3 is 2.42 bits per heavy atom. The van der Waals surface area contributed by atoms with Crippen LogP contribution in [0.15, 0.2) is 54.6 Å². The molecule has 1 aliphatic rings. The molecule has 3 nitrogen and oxygen atoms in total. The fourth-order valence-corrected chi connectivity index (χ4v) is 3.67. The average Bonchev–Trinajstić information content (AvgIpc) is 2.61. The summed E-state index contributed by atoms with van der Waals surface area (Å²) in [4.78, 5) is 12.4. The number of aryl methyl sites for hydroxylation is 1. The van der Waals surface area contributed by atoms with Crippen molar-refractivity contribution < 1.29 is 9.90 Å². The molecule has 0 aliphatic heterocycles. The van der Waals surface area contributed by atoms with Crippen molar-refractivity contribution >= 4 is 17.5 Å². The van der Waals surface area contributed by atoms with Gasteiger partial charge in [0.15, 0.2) is 0 Å². The first-order valence-electron chi connectivity index (χ1n) is 9.36. The van der Waals surface area contributed by atoms with Crippen LogP contribution in [0.3, 0.4) is 0 Å². The van der Waals surface area contributed by atoms with Gasteiger partial charge in [-0.3, -0.25) is 4.79 Å². The van der Waals surface area contributed by atoms with Crippen LogP contribution in [0.1, 0.15) is 36.8 Å². The van der Waals surface area contributed by atoms with Crippen LogP contribution < -0.4 is 5.32 Å². The number of benzene rings is 2. The Bertz CT molecular complexity index is 696. The molecule has 1 atom stereocenters. The molecule has 2 aromatic carbocycles. The Morgan fingerprint density at radius 2 is 1.77 bits per heavy atom. The highest BCUT2D eigenvalue weighted by Crippen LogP contribution is 2.31. The number of carbonyl (C=O) groups excluding carboxylic acids is 1. The lowest BCUT2D eigenvalue weighted by molar-refractivity contribution is -0.123. The van der Waals surface area contributed by atoms with E-state index in [1.165, 1.54) is 11.1 Å². The molecule has 0 saturated heterocycles. The van der Waals surface area contributed by atoms with Crippen LogP contribution in [0, 0.1) is 5.92 Å². The number of halogens is 1. The largest absolute Gasteiger partial charge is 0.393 e. The summed E-state index contributed by atoms with van der Waals surface area (Å²) < 4.78 is 0. The Kier molecular flexibility index (Phi) is 6.70. The molecule has 1 fully saturated rings. The van der Waals surface area contributed by atoms with Crippen molar-refractivity contribution in [1.82, 2.24) is 5.32 Å². The topological polar surface area (TPSA) is 49.3 Å². The first kappa shape index (κ1) is 18.9. The van der Waals surface area contributed by atoms with Gasteiger partial charge >= 0.3 is 0 Å². The number of hydrogen-bond acceptors (Lipinski definition) is 2. The zero-order valence-electron chi connectivity index (χ0n) is 14.9. The van der Waals surface area contributed by atoms with E-state index in [-0.39, 0.29) is 18.1 Å². The number of carbonyl (C=O) groups is 1. The highest BCUT2D eigenvalue weighted by atomic mass is 35.5. The molecule has 0 spiro atoms. The summed E-state index contributed by atoms with van der Waals surface area (Å²) in [5.41, 5.74) is 2.42. The summed E-state index contributed by atoms with van der Waals surface area (Å²) >= 11 is 5.90. The van der Waals surface area contributed by atoms with E-state index in [4.69, 9.17) is 11.6 Å². The van der Waals surface area contributed by atoms with E-state index in [9.17, 15) is 9.90 Å². The van der Waals surface area contributed by atoms with E-state index < -0.39 is 0 Å². The van der Waals surface area contributed by atoms with E-state index in [2.05, 4.69) is 17.4 Å². The van der Waals surface area contributed by atoms with Gasteiger partial charge in [0, 0.05) is 17.5 Å². The molecule has 1 amide bonds. The number of amides is 1. The van der Waals surface area contributed by atoms with Gasteiger partial charge in [0.05, 0.1) is 6.10 Å². The van der Waals surface area contributed by atoms with Crippen molar-refractivity contribution in [2.45, 2.75) is 50.7 Å². The van der Waals surface area contributed by atoms with Crippen LogP contribution in [-0.4, -0.2) is 23.2 Å². The minimum absolute atomic E-state index is 0.0984. The number of rotatable bonds is 8. The highest BCUT2D eigenvalue weighted by molar-refractivity contribution is 6.30. The van der Waals surface area contributed by atoms with Crippen LogP contribution in [0.2, 0.25) is 5.02 Å². The minimum Gasteiger partial charge on any atom is -0.393 e. The average molecular weight is 372 g/mol. The monoisotopic (exact) mass is 371 g/mol. The van der Waals surface area contributed by atoms with Crippen molar-refractivity contribution in [3.05, 3.63) is 70.7 Å². The summed E-state index contributed by atoms with van der Waals surface area (Å²) in [6, 6.07) is 18.1. The zero-order chi connectivity index (χ0) is 18.4. The molecule has 0 radical (unpaired) electrons. The fraction of sp³-hybridized carbons (Fsp3) is 0.409. The van der Waals surface area contributed by atoms with Crippen LogP contribution in [-0.2, 0) is 17.6 Å². The highest BCUT2D eigenvalue weighted by Gasteiger charge is 2.34. The standard InChI is InChI=1S/C22H26ClNO2/c23-19-11-9-16(10-12-19)7-4-8-22(26)24-21(18-14-20(25)15-18)13-17-5-2-1-3-6-17/h1-3,5-6,9-12,18,20-21,25H,4,7-8,13-15H2,(H,24,26)/t18?,20?,21-/m1/s1. The third kappa shape index (κ3) is 5.58. The van der Waals surface area contributed by atoms with Gasteiger partial charge in [-0.1, -0.05) is 54.1 Å². The first-order valence-corrected chi connectivity index (χ1v) is 9.74. The van der Waals surface area contributed by atoms with Gasteiger partial charge in [-0.15, -0.1) is 0 Å². The molecule has 0 unspecified atom stereocenters. The molecular weight excluding hydrogens is 346 g/mol. The van der Waals surface area contributed by atoms with Gasteiger partial charge in [-0.25, -0.2) is 0 Å². The Hall–Kier alpha value is -1.84. The van der Waals surface area contributed by atoms with Gasteiger partial charge in [0.25, 0.3) is 0 Å². The second-order valence-electron chi connectivity index (χ2n) is 7.23. The Morgan fingerprint density at radius 1 is 1.08 bits per heavy atom. The lowest BCUT2D eigenvalue weighted by Gasteiger charge is -2.38. The van der Waals surface area contributed by atoms with Crippen LogP contribution in [0.25, 0.3) is 0 Å². The minimum atomic E-state index is -0.208. The van der Waals surface area contributed by atoms with Gasteiger partial charge in [-0.05, 0) is 61.3 Å². The molecule has 0 aromatic heterocycles. The smallest absolute Gasteiger partial charge is 0.220 e. The Balaban J connectivity index is 1.49. The lowest BCUT2D eigenvalue weighted by Crippen LogP contribution is -2.48. The lowest BCUT2D eigenvalue weighted by atomic mass is 9.75. The molecule has 1 saturated carbocycles. The molecule has 4 heteroatoms. The maximum absolute atomic E-state index is 12.4. The van der Waals surface area contributed by atoms with Gasteiger partial charge in [0.1, 0.15) is 0 Å². The third-order valence-corrected chi connectivity index (χ3v) is 5.40. The number of hydrogen-bond donors (Lipinski definition) is 2. The summed E-state index contributed by atoms with van der Waals surface area (Å²) in [5.74, 6) is 0.465. The van der Waals surface area contributed by atoms with Gasteiger partial charge in [0.2, 0.25) is 5.91 Å². The van der Waals surface area contributed by atoms with E-state index in [1.807, 2.05) is 42.5 Å². The normalized spacial score (nSPS) is 20.2. The summed E-state index contributed by atoms with van der Waals surface area (Å²) in [6.07, 6.45) is 4.38. The predicted molar refractivity (Wildman–Crippen MR) is 105 cm³/mol. The van der Waals surface area contributed by atoms with Crippen LogP contribution in [0.4, 0.5) is 0 Å². The second kappa shape index (κ2) is 9.20. The molecule has 2 N–H and O–H groups in total. The SMILES string of the molecule is O=C(CCCc1ccc(Cl)cc1)N[C@H](Cc1ccccc1)C1CC(O)C1. The van der Waals surface area contributed by atoms with Crippen molar-refractivity contribution in [1.29, 1.82) is 0 Å². The molecule has 3 rings (SSSR count). The third-order valence-electron chi connectivity index (χ3n) is 5.15. The molecular formula is C22H26ClNO2. The van der Waals surface area contributed by atoms with E-state index in [0.717, 1.165) is 37.1 Å². The van der Waals surface area contributed by atoms with Crippen LogP contribution >= 0.6 is 11.6 Å². The van der Waals surface area contributed by atoms with E-state index >= 15 is 0 Å². The molecule has 1 aliphatic carbocycles. The molecule has 2 aromatic rings. The predicted octanol–water partition coefficient (Wildman–Crippen LogP) is 4.16. The van der Waals surface area contributed by atoms with Crippen molar-refractivity contribution in [2.75, 3.05) is 0 Å². The van der Waals surface area contributed by atoms with Crippen molar-refractivity contribution in [2.24, 2.45) is 5.92 Å². The molecule has 0 bridgehead atoms. The molecule has 0 heterocycles. The van der Waals surface area contributed by atoms with Crippen molar-refractivity contribution in [3.63, 3.8) is 0 Å². The number of nitrogens with one attached hydrogen (secondary N) is 1. The maximum Gasteiger partial charge on any atom is 0.220 e. The molecule has 138 valence electrons. The van der Waals surface area contributed by atoms with Gasteiger partial charge in [-0.2, -0.15) is 0 Å². The van der Waals surface area contributed by atoms with Crippen molar-refractivity contribution in [3.8, 4) is 0 Å². The first-order chi connectivity index (χ1) is 12.6. The van der Waals surface area contributed by atoms with Crippen LogP contribution in [0.5, 0.6) is 0 Å². The molecule has 26 heavy (non-hydrogen) atoms. The fourth-order valence-electron chi connectivity index (χ4n) is 3.55. The summed E-state index contributed by atoms with van der Waals surface area (Å²) in [6.45, 7) is 0. The maximum atomic E-state index is 12.4. The Labute approximate surface area is 160 Å². The second-order valence-corrected chi connectivity index (χ2v) is 7.67. The van der Waals surface area contributed by atoms with E-state index in [0.29, 0.717) is 12.3 Å². The summed E-state index contributed by atoms with van der Waals surface area (Å²) in [7, 11) is 0. The van der Waals surface area contributed by atoms with Gasteiger partial charge < -0.3 is 10.4 Å². The number of aliphatic hydroxyl groups is 1. The van der Waals surface area contributed by atoms with E-state index in [1.54, 1.807) is 0 Å². The number of aliphatic hydroxyl groups excluding tert-OH is 1. The summed E-state index contributed by atoms with van der Waals surface area (Å²) in [5, 5.41) is 13.6. The quantitative estimate of drug-likeness (QED) is 0.732. The zero-order valence-corrected chi connectivity index (χ0v) is 15.7.